The zero-order valence-corrected chi connectivity index (χ0v) is 19.9. The Bertz CT molecular complexity index is 1010. The van der Waals surface area contributed by atoms with Crippen LogP contribution in [0.5, 0.6) is 11.5 Å². The molecule has 0 aromatic heterocycles. The van der Waals surface area contributed by atoms with E-state index < -0.39 is 16.5 Å². The first-order chi connectivity index (χ1) is 15.0. The van der Waals surface area contributed by atoms with Crippen LogP contribution in [0.1, 0.15) is 69.4 Å². The van der Waals surface area contributed by atoms with Gasteiger partial charge in [-0.2, -0.15) is 13.1 Å². The highest BCUT2D eigenvalue weighted by molar-refractivity contribution is 7.83. The van der Waals surface area contributed by atoms with Crippen LogP contribution >= 0.6 is 0 Å². The molecule has 4 N–H and O–H groups in total. The number of methoxy groups -OCH3 is 1. The third-order valence-corrected chi connectivity index (χ3v) is 8.92. The molecule has 8 heteroatoms. The van der Waals surface area contributed by atoms with E-state index >= 15 is 0 Å². The Hall–Kier alpha value is -1.61. The number of aliphatic hydroxyl groups is 1. The van der Waals surface area contributed by atoms with Crippen molar-refractivity contribution >= 4 is 10.3 Å². The first kappa shape index (κ1) is 23.5. The van der Waals surface area contributed by atoms with Gasteiger partial charge in [0.2, 0.25) is 0 Å². The maximum absolute atomic E-state index is 10.9. The van der Waals surface area contributed by atoms with Gasteiger partial charge in [-0.15, -0.1) is 0 Å². The van der Waals surface area contributed by atoms with Gasteiger partial charge in [-0.3, -0.25) is 4.55 Å². The van der Waals surface area contributed by atoms with Gasteiger partial charge in [0.1, 0.15) is 6.23 Å². The number of aliphatic hydroxyl groups excluding tert-OH is 1. The lowest BCUT2D eigenvalue weighted by Crippen LogP contribution is -2.42. The van der Waals surface area contributed by atoms with Crippen molar-refractivity contribution in [3.63, 3.8) is 0 Å². The lowest BCUT2D eigenvalue weighted by atomic mass is 9.53. The number of benzene rings is 1. The third-order valence-electron chi connectivity index (χ3n) is 8.35. The minimum absolute atomic E-state index is 0.112. The molecular formula is C24H35NO6S. The van der Waals surface area contributed by atoms with Crippen molar-refractivity contribution in [3.05, 3.63) is 34.9 Å². The van der Waals surface area contributed by atoms with Crippen molar-refractivity contribution < 1.29 is 27.9 Å². The Morgan fingerprint density at radius 3 is 2.72 bits per heavy atom. The summed E-state index contributed by atoms with van der Waals surface area (Å²) in [5.74, 6) is 2.63. The fourth-order valence-electron chi connectivity index (χ4n) is 6.91. The summed E-state index contributed by atoms with van der Waals surface area (Å²) in [6, 6.07) is 3.92. The number of aryl methyl sites for hydroxylation is 1. The molecule has 6 atom stereocenters. The van der Waals surface area contributed by atoms with Crippen LogP contribution in [0.2, 0.25) is 0 Å². The van der Waals surface area contributed by atoms with E-state index in [2.05, 4.69) is 19.9 Å². The number of fused-ring (bicyclic) bond motifs is 5. The van der Waals surface area contributed by atoms with E-state index in [1.54, 1.807) is 7.11 Å². The predicted molar refractivity (Wildman–Crippen MR) is 122 cm³/mol. The molecule has 0 aliphatic heterocycles. The largest absolute Gasteiger partial charge is 0.504 e. The lowest BCUT2D eigenvalue weighted by molar-refractivity contribution is 0.0672. The molecule has 1 aromatic rings. The molecule has 0 bridgehead atoms. The highest BCUT2D eigenvalue weighted by Gasteiger charge is 2.52. The zero-order chi connectivity index (χ0) is 23.3. The number of phenols is 1. The normalized spacial score (nSPS) is 31.2. The van der Waals surface area contributed by atoms with Gasteiger partial charge >= 0.3 is 10.3 Å². The minimum atomic E-state index is -4.41. The fraction of sp³-hybridized carbons (Fsp3) is 0.667. The summed E-state index contributed by atoms with van der Waals surface area (Å²) in [5, 5.41) is 20.1. The van der Waals surface area contributed by atoms with Crippen LogP contribution in [0, 0.1) is 23.2 Å². The number of ether oxygens (including phenoxy) is 1. The second-order valence-corrected chi connectivity index (χ2v) is 11.3. The van der Waals surface area contributed by atoms with Crippen LogP contribution in [0.25, 0.3) is 0 Å². The van der Waals surface area contributed by atoms with Crippen molar-refractivity contribution in [3.8, 4) is 11.5 Å². The Morgan fingerprint density at radius 2 is 2.03 bits per heavy atom. The molecule has 1 unspecified atom stereocenters. The van der Waals surface area contributed by atoms with Crippen molar-refractivity contribution in [2.24, 2.45) is 23.2 Å². The Kier molecular flexibility index (Phi) is 6.35. The van der Waals surface area contributed by atoms with Crippen molar-refractivity contribution in [2.75, 3.05) is 7.11 Å². The number of allylic oxidation sites excluding steroid dienone is 2. The van der Waals surface area contributed by atoms with Gasteiger partial charge < -0.3 is 14.9 Å². The van der Waals surface area contributed by atoms with Crippen LogP contribution < -0.4 is 9.46 Å². The smallest absolute Gasteiger partial charge is 0.335 e. The molecule has 0 spiro atoms. The fourth-order valence-corrected chi connectivity index (χ4v) is 7.37. The molecular weight excluding hydrogens is 430 g/mol. The summed E-state index contributed by atoms with van der Waals surface area (Å²) in [6.07, 6.45) is 7.32. The topological polar surface area (TPSA) is 116 Å². The van der Waals surface area contributed by atoms with Crippen LogP contribution in [0.4, 0.5) is 0 Å². The Labute approximate surface area is 190 Å². The number of nitrogens with one attached hydrogen (secondary N) is 1. The monoisotopic (exact) mass is 465 g/mol. The molecule has 1 fully saturated rings. The van der Waals surface area contributed by atoms with Crippen LogP contribution in [-0.4, -0.2) is 36.5 Å². The predicted octanol–water partition coefficient (Wildman–Crippen LogP) is 3.92. The quantitative estimate of drug-likeness (QED) is 0.276. The molecule has 178 valence electrons. The molecule has 7 nitrogen and oxygen atoms in total. The molecule has 0 saturated heterocycles. The molecule has 0 radical (unpaired) electrons. The van der Waals surface area contributed by atoms with E-state index in [4.69, 9.17) is 9.29 Å². The number of hydrogen-bond acceptors (Lipinski definition) is 5. The number of phenolic OH excluding ortho intramolecular Hbond substituents is 1. The lowest BCUT2D eigenvalue weighted by Gasteiger charge is -2.51. The van der Waals surface area contributed by atoms with Gasteiger partial charge in [0.25, 0.3) is 0 Å². The molecule has 1 aromatic carbocycles. The van der Waals surface area contributed by atoms with Crippen molar-refractivity contribution in [2.45, 2.75) is 70.9 Å². The Morgan fingerprint density at radius 1 is 1.28 bits per heavy atom. The standard InChI is InChI=1S/C24H35NO6S/c1-14(4-9-23(27)25-32(28,29)30)19-7-8-20-17-6-5-15-12-21(26)22(31-3)13-18(15)16(17)10-11-24(19,20)2/h7,12-14,16-17,20,23,25-27H,4-6,8-11H2,1-3H3,(H,28,29,30)/t14-,16+,17-,20+,23?,24-/m1/s1. The SMILES string of the molecule is COc1cc2c(cc1O)CC[C@@H]1[C@@H]2CC[C@]2(C)C([C@H](C)CCC(O)NS(=O)(=O)O)=CC[C@@H]12. The summed E-state index contributed by atoms with van der Waals surface area (Å²) < 4.78 is 37.9. The summed E-state index contributed by atoms with van der Waals surface area (Å²) >= 11 is 0. The van der Waals surface area contributed by atoms with Crippen molar-refractivity contribution in [1.29, 1.82) is 0 Å². The maximum Gasteiger partial charge on any atom is 0.335 e. The molecule has 0 heterocycles. The van der Waals surface area contributed by atoms with Crippen molar-refractivity contribution in [1.82, 2.24) is 4.72 Å². The van der Waals surface area contributed by atoms with Gasteiger partial charge in [-0.25, -0.2) is 0 Å². The van der Waals surface area contributed by atoms with Gasteiger partial charge in [0, 0.05) is 0 Å². The molecule has 1 saturated carbocycles. The molecule has 0 amide bonds. The summed E-state index contributed by atoms with van der Waals surface area (Å²) in [5.41, 5.74) is 4.11. The molecule has 3 aliphatic rings. The first-order valence-corrected chi connectivity index (χ1v) is 13.0. The molecule has 3 aliphatic carbocycles. The second-order valence-electron chi connectivity index (χ2n) is 10.1. The Balaban J connectivity index is 1.48. The molecule has 4 rings (SSSR count). The summed E-state index contributed by atoms with van der Waals surface area (Å²) in [7, 11) is -2.81. The number of hydrogen-bond donors (Lipinski definition) is 4. The van der Waals surface area contributed by atoms with Gasteiger partial charge in [0.15, 0.2) is 11.5 Å². The zero-order valence-electron chi connectivity index (χ0n) is 19.0. The highest BCUT2D eigenvalue weighted by Crippen LogP contribution is 2.62. The van der Waals surface area contributed by atoms with E-state index in [0.717, 1.165) is 32.1 Å². The number of rotatable bonds is 7. The van der Waals surface area contributed by atoms with E-state index in [9.17, 15) is 18.6 Å². The molecule has 32 heavy (non-hydrogen) atoms. The van der Waals surface area contributed by atoms with Crippen LogP contribution in [0.3, 0.4) is 0 Å². The average Bonchev–Trinajstić information content (AvgIpc) is 3.07. The van der Waals surface area contributed by atoms with E-state index in [-0.39, 0.29) is 23.5 Å². The minimum Gasteiger partial charge on any atom is -0.504 e. The van der Waals surface area contributed by atoms with Gasteiger partial charge in [-0.05, 0) is 97.3 Å². The summed E-state index contributed by atoms with van der Waals surface area (Å²) in [6.45, 7) is 4.53. The van der Waals surface area contributed by atoms with Crippen LogP contribution in [-0.2, 0) is 16.7 Å². The highest BCUT2D eigenvalue weighted by atomic mass is 32.2. The first-order valence-electron chi connectivity index (χ1n) is 11.6. The van der Waals surface area contributed by atoms with Crippen LogP contribution in [0.15, 0.2) is 23.8 Å². The third kappa shape index (κ3) is 4.30. The number of aromatic hydroxyl groups is 1. The average molecular weight is 466 g/mol. The summed E-state index contributed by atoms with van der Waals surface area (Å²) in [4.78, 5) is 0. The van der Waals surface area contributed by atoms with E-state index in [0.29, 0.717) is 29.9 Å². The van der Waals surface area contributed by atoms with Gasteiger partial charge in [-0.1, -0.05) is 25.5 Å². The maximum atomic E-state index is 10.9. The van der Waals surface area contributed by atoms with E-state index in [1.165, 1.54) is 16.7 Å². The van der Waals surface area contributed by atoms with E-state index in [1.807, 2.05) is 16.9 Å². The second kappa shape index (κ2) is 8.63. The van der Waals surface area contributed by atoms with Gasteiger partial charge in [0.05, 0.1) is 7.11 Å².